The predicted molar refractivity (Wildman–Crippen MR) is 98.4 cm³/mol. The van der Waals surface area contributed by atoms with Gasteiger partial charge in [-0.2, -0.15) is 4.98 Å². The molecule has 3 heterocycles. The summed E-state index contributed by atoms with van der Waals surface area (Å²) in [6.45, 7) is 2.40. The molecule has 1 aliphatic carbocycles. The summed E-state index contributed by atoms with van der Waals surface area (Å²) in [5.74, 6) is 2.49. The van der Waals surface area contributed by atoms with Gasteiger partial charge < -0.3 is 9.42 Å². The molecule has 1 aromatic heterocycles. The zero-order valence-electron chi connectivity index (χ0n) is 15.8. The first-order valence-electron chi connectivity index (χ1n) is 9.96. The van der Waals surface area contributed by atoms with E-state index in [-0.39, 0.29) is 11.8 Å². The van der Waals surface area contributed by atoms with Crippen LogP contribution in [0.5, 0.6) is 0 Å². The lowest BCUT2D eigenvalue weighted by molar-refractivity contribution is -0.138. The summed E-state index contributed by atoms with van der Waals surface area (Å²) in [6.07, 6.45) is 7.56. The summed E-state index contributed by atoms with van der Waals surface area (Å²) >= 11 is 0. The SMILES string of the molecule is CS(=O)(=O)N1CCC(C(=O)N2CCCC(Cc3nc(C4CC4)no3)C2)CC1. The molecule has 2 saturated heterocycles. The van der Waals surface area contributed by atoms with Gasteiger partial charge in [-0.3, -0.25) is 4.79 Å². The van der Waals surface area contributed by atoms with Gasteiger partial charge in [0.05, 0.1) is 6.26 Å². The quantitative estimate of drug-likeness (QED) is 0.746. The minimum absolute atomic E-state index is 0.0633. The van der Waals surface area contributed by atoms with Crippen LogP contribution < -0.4 is 0 Å². The van der Waals surface area contributed by atoms with Gasteiger partial charge in [0, 0.05) is 44.4 Å². The molecule has 9 heteroatoms. The van der Waals surface area contributed by atoms with E-state index in [2.05, 4.69) is 10.1 Å². The molecule has 3 aliphatic rings. The maximum atomic E-state index is 12.9. The topological polar surface area (TPSA) is 96.6 Å². The van der Waals surface area contributed by atoms with E-state index in [1.807, 2.05) is 4.90 Å². The van der Waals surface area contributed by atoms with E-state index in [0.717, 1.165) is 51.0 Å². The van der Waals surface area contributed by atoms with Crippen LogP contribution in [0.2, 0.25) is 0 Å². The zero-order chi connectivity index (χ0) is 19.0. The van der Waals surface area contributed by atoms with Crippen molar-refractivity contribution < 1.29 is 17.7 Å². The monoisotopic (exact) mass is 396 g/mol. The van der Waals surface area contributed by atoms with Crippen molar-refractivity contribution in [1.82, 2.24) is 19.3 Å². The average Bonchev–Trinajstić information content (AvgIpc) is 3.40. The third-order valence-corrected chi connectivity index (χ3v) is 7.30. The fourth-order valence-corrected chi connectivity index (χ4v) is 5.10. The van der Waals surface area contributed by atoms with Gasteiger partial charge in [0.15, 0.2) is 5.82 Å². The number of aromatic nitrogens is 2. The summed E-state index contributed by atoms with van der Waals surface area (Å²) in [5.41, 5.74) is 0. The van der Waals surface area contributed by atoms with Crippen molar-refractivity contribution >= 4 is 15.9 Å². The number of rotatable bonds is 5. The molecule has 0 radical (unpaired) electrons. The highest BCUT2D eigenvalue weighted by atomic mass is 32.2. The summed E-state index contributed by atoms with van der Waals surface area (Å²) in [6, 6.07) is 0. The molecule has 0 N–H and O–H groups in total. The first-order valence-corrected chi connectivity index (χ1v) is 11.8. The van der Waals surface area contributed by atoms with Gasteiger partial charge in [-0.1, -0.05) is 5.16 Å². The second-order valence-corrected chi connectivity index (χ2v) is 10.2. The molecular weight excluding hydrogens is 368 g/mol. The molecule has 27 heavy (non-hydrogen) atoms. The number of hydrogen-bond acceptors (Lipinski definition) is 6. The standard InChI is InChI=1S/C18H28N4O4S/c1-27(24,25)22-9-6-15(7-10-22)18(23)21-8-2-3-13(12-21)11-16-19-17(20-26-16)14-4-5-14/h13-15H,2-12H2,1H3. The maximum absolute atomic E-state index is 12.9. The Morgan fingerprint density at radius 3 is 2.56 bits per heavy atom. The molecule has 0 aromatic carbocycles. The first kappa shape index (κ1) is 18.9. The number of sulfonamides is 1. The Labute approximate surface area is 160 Å². The lowest BCUT2D eigenvalue weighted by atomic mass is 9.91. The van der Waals surface area contributed by atoms with E-state index < -0.39 is 10.0 Å². The van der Waals surface area contributed by atoms with Crippen LogP contribution in [-0.2, 0) is 21.2 Å². The van der Waals surface area contributed by atoms with Crippen LogP contribution in [0, 0.1) is 11.8 Å². The lowest BCUT2D eigenvalue weighted by Gasteiger charge is -2.37. The molecule has 8 nitrogen and oxygen atoms in total. The van der Waals surface area contributed by atoms with Crippen molar-refractivity contribution in [3.63, 3.8) is 0 Å². The molecule has 3 fully saturated rings. The van der Waals surface area contributed by atoms with Crippen LogP contribution in [0.25, 0.3) is 0 Å². The Morgan fingerprint density at radius 2 is 1.89 bits per heavy atom. The minimum Gasteiger partial charge on any atom is -0.342 e. The van der Waals surface area contributed by atoms with Crippen molar-refractivity contribution in [3.05, 3.63) is 11.7 Å². The highest BCUT2D eigenvalue weighted by Crippen LogP contribution is 2.38. The van der Waals surface area contributed by atoms with E-state index in [1.165, 1.54) is 10.6 Å². The lowest BCUT2D eigenvalue weighted by Crippen LogP contribution is -2.47. The molecule has 150 valence electrons. The average molecular weight is 397 g/mol. The molecule has 2 aliphatic heterocycles. The van der Waals surface area contributed by atoms with Crippen LogP contribution in [-0.4, -0.2) is 66.1 Å². The highest BCUT2D eigenvalue weighted by Gasteiger charge is 2.34. The number of nitrogens with zero attached hydrogens (tertiary/aromatic N) is 4. The molecule has 1 unspecified atom stereocenters. The smallest absolute Gasteiger partial charge is 0.226 e. The normalized spacial score (nSPS) is 25.7. The van der Waals surface area contributed by atoms with Crippen LogP contribution >= 0.6 is 0 Å². The van der Waals surface area contributed by atoms with Crippen LogP contribution in [0.15, 0.2) is 4.52 Å². The third-order valence-electron chi connectivity index (χ3n) is 5.99. The fraction of sp³-hybridized carbons (Fsp3) is 0.833. The largest absolute Gasteiger partial charge is 0.342 e. The highest BCUT2D eigenvalue weighted by molar-refractivity contribution is 7.88. The van der Waals surface area contributed by atoms with E-state index in [4.69, 9.17) is 4.52 Å². The van der Waals surface area contributed by atoms with Gasteiger partial charge in [-0.25, -0.2) is 12.7 Å². The van der Waals surface area contributed by atoms with Gasteiger partial charge in [-0.15, -0.1) is 0 Å². The van der Waals surface area contributed by atoms with E-state index in [9.17, 15) is 13.2 Å². The second-order valence-electron chi connectivity index (χ2n) is 8.25. The van der Waals surface area contributed by atoms with Crippen molar-refractivity contribution in [1.29, 1.82) is 0 Å². The van der Waals surface area contributed by atoms with Crippen LogP contribution in [0.1, 0.15) is 56.2 Å². The van der Waals surface area contributed by atoms with E-state index in [0.29, 0.717) is 43.7 Å². The van der Waals surface area contributed by atoms with E-state index in [1.54, 1.807) is 0 Å². The van der Waals surface area contributed by atoms with Crippen molar-refractivity contribution in [3.8, 4) is 0 Å². The van der Waals surface area contributed by atoms with Gasteiger partial charge in [0.25, 0.3) is 0 Å². The zero-order valence-corrected chi connectivity index (χ0v) is 16.7. The number of carbonyl (C=O) groups is 1. The first-order chi connectivity index (χ1) is 12.9. The third kappa shape index (κ3) is 4.51. The Kier molecular flexibility index (Phi) is 5.24. The van der Waals surface area contributed by atoms with Gasteiger partial charge in [0.1, 0.15) is 0 Å². The van der Waals surface area contributed by atoms with Gasteiger partial charge in [-0.05, 0) is 44.4 Å². The summed E-state index contributed by atoms with van der Waals surface area (Å²) in [4.78, 5) is 19.4. The van der Waals surface area contributed by atoms with Gasteiger partial charge >= 0.3 is 0 Å². The maximum Gasteiger partial charge on any atom is 0.226 e. The fourth-order valence-electron chi connectivity index (χ4n) is 4.23. The summed E-state index contributed by atoms with van der Waals surface area (Å²) in [7, 11) is -3.16. The van der Waals surface area contributed by atoms with E-state index >= 15 is 0 Å². The second kappa shape index (κ2) is 7.50. The molecule has 1 amide bonds. The van der Waals surface area contributed by atoms with Gasteiger partial charge in [0.2, 0.25) is 21.8 Å². The molecule has 1 saturated carbocycles. The van der Waals surface area contributed by atoms with Crippen LogP contribution in [0.4, 0.5) is 0 Å². The molecular formula is C18H28N4O4S. The number of hydrogen-bond donors (Lipinski definition) is 0. The Balaban J connectivity index is 1.30. The number of carbonyl (C=O) groups excluding carboxylic acids is 1. The molecule has 4 rings (SSSR count). The summed E-state index contributed by atoms with van der Waals surface area (Å²) in [5, 5.41) is 4.08. The Bertz CT molecular complexity index is 781. The van der Waals surface area contributed by atoms with Crippen molar-refractivity contribution in [2.75, 3.05) is 32.4 Å². The molecule has 0 bridgehead atoms. The number of amides is 1. The number of likely N-dealkylation sites (tertiary alicyclic amines) is 1. The van der Waals surface area contributed by atoms with Crippen molar-refractivity contribution in [2.24, 2.45) is 11.8 Å². The van der Waals surface area contributed by atoms with Crippen molar-refractivity contribution in [2.45, 2.75) is 50.9 Å². The molecule has 0 spiro atoms. The molecule has 1 atom stereocenters. The van der Waals surface area contributed by atoms with Crippen LogP contribution in [0.3, 0.4) is 0 Å². The molecule has 1 aromatic rings. The Morgan fingerprint density at radius 1 is 1.15 bits per heavy atom. The Hall–Kier alpha value is -1.48. The summed E-state index contributed by atoms with van der Waals surface area (Å²) < 4.78 is 30.2. The predicted octanol–water partition coefficient (Wildman–Crippen LogP) is 1.40. The minimum atomic E-state index is -3.16. The number of piperidine rings is 2.